The Balaban J connectivity index is 1.24. The molecule has 0 N–H and O–H groups in total. The molecule has 0 bridgehead atoms. The summed E-state index contributed by atoms with van der Waals surface area (Å²) >= 11 is 1.86. The van der Waals surface area contributed by atoms with Gasteiger partial charge in [-0.2, -0.15) is 0 Å². The summed E-state index contributed by atoms with van der Waals surface area (Å²) in [6.07, 6.45) is 0. The normalized spacial score (nSPS) is 13.5. The Morgan fingerprint density at radius 1 is 0.423 bits per heavy atom. The molecule has 2 aromatic heterocycles. The van der Waals surface area contributed by atoms with Gasteiger partial charge in [-0.15, -0.1) is 11.3 Å². The molecule has 0 saturated carbocycles. The Morgan fingerprint density at radius 3 is 1.75 bits per heavy atom. The molecular formula is C49H29NOS. The number of rotatable bonds is 3. The lowest BCUT2D eigenvalue weighted by molar-refractivity contribution is 0.669. The van der Waals surface area contributed by atoms with E-state index in [1.807, 2.05) is 11.3 Å². The molecule has 8 aromatic carbocycles. The first-order chi connectivity index (χ1) is 25.8. The van der Waals surface area contributed by atoms with E-state index < -0.39 is 5.41 Å². The zero-order valence-electron chi connectivity index (χ0n) is 28.0. The van der Waals surface area contributed by atoms with Gasteiger partial charge in [0, 0.05) is 36.8 Å². The van der Waals surface area contributed by atoms with Crippen LogP contribution in [-0.2, 0) is 5.41 Å². The van der Waals surface area contributed by atoms with Gasteiger partial charge in [0.25, 0.3) is 0 Å². The Labute approximate surface area is 304 Å². The number of hydrogen-bond donors (Lipinski definition) is 0. The zero-order chi connectivity index (χ0) is 34.0. The highest BCUT2D eigenvalue weighted by molar-refractivity contribution is 7.25. The molecule has 2 heterocycles. The van der Waals surface area contributed by atoms with Gasteiger partial charge >= 0.3 is 0 Å². The average Bonchev–Trinajstić information content (AvgIpc) is 3.93. The summed E-state index contributed by atoms with van der Waals surface area (Å²) in [7, 11) is 0. The van der Waals surface area contributed by atoms with Crippen LogP contribution in [0, 0.1) is 0 Å². The average molecular weight is 680 g/mol. The summed E-state index contributed by atoms with van der Waals surface area (Å²) in [5.41, 5.74) is 15.2. The second-order valence-electron chi connectivity index (χ2n) is 13.9. The molecule has 2 aliphatic carbocycles. The molecule has 0 atom stereocenters. The van der Waals surface area contributed by atoms with Crippen LogP contribution in [0.3, 0.4) is 0 Å². The van der Waals surface area contributed by atoms with Gasteiger partial charge < -0.3 is 9.32 Å². The van der Waals surface area contributed by atoms with Gasteiger partial charge in [0.15, 0.2) is 0 Å². The summed E-state index contributed by atoms with van der Waals surface area (Å²) in [5, 5.41) is 4.82. The molecule has 2 aliphatic rings. The lowest BCUT2D eigenvalue weighted by atomic mass is 9.70. The molecule has 0 fully saturated rings. The molecule has 0 amide bonds. The molecule has 242 valence electrons. The fourth-order valence-electron chi connectivity index (χ4n) is 9.52. The van der Waals surface area contributed by atoms with Crippen LogP contribution in [0.15, 0.2) is 180 Å². The minimum atomic E-state index is -0.498. The van der Waals surface area contributed by atoms with Crippen molar-refractivity contribution in [1.82, 2.24) is 0 Å². The van der Waals surface area contributed by atoms with Crippen molar-refractivity contribution in [2.75, 3.05) is 4.90 Å². The second-order valence-corrected chi connectivity index (χ2v) is 15.0. The summed E-state index contributed by atoms with van der Waals surface area (Å²) in [6.45, 7) is 0. The Bertz CT molecular complexity index is 3050. The van der Waals surface area contributed by atoms with Gasteiger partial charge in [0.2, 0.25) is 0 Å². The minimum absolute atomic E-state index is 0.498. The zero-order valence-corrected chi connectivity index (χ0v) is 28.8. The monoisotopic (exact) mass is 679 g/mol. The smallest absolute Gasteiger partial charge is 0.137 e. The lowest BCUT2D eigenvalue weighted by Crippen LogP contribution is -2.28. The topological polar surface area (TPSA) is 16.4 Å². The maximum atomic E-state index is 6.53. The summed E-state index contributed by atoms with van der Waals surface area (Å²) in [6, 6.07) is 64.8. The van der Waals surface area contributed by atoms with Crippen molar-refractivity contribution in [3.05, 3.63) is 198 Å². The largest absolute Gasteiger partial charge is 0.456 e. The van der Waals surface area contributed by atoms with Crippen LogP contribution >= 0.6 is 11.3 Å². The van der Waals surface area contributed by atoms with Gasteiger partial charge in [0.1, 0.15) is 11.2 Å². The molecule has 0 saturated heterocycles. The summed E-state index contributed by atoms with van der Waals surface area (Å²) in [4.78, 5) is 2.52. The number of benzene rings is 8. The van der Waals surface area contributed by atoms with Gasteiger partial charge in [-0.3, -0.25) is 0 Å². The third kappa shape index (κ3) is 3.53. The van der Waals surface area contributed by atoms with Crippen LogP contribution in [-0.4, -0.2) is 0 Å². The lowest BCUT2D eigenvalue weighted by Gasteiger charge is -2.36. The van der Waals surface area contributed by atoms with E-state index in [9.17, 15) is 0 Å². The third-order valence-corrected chi connectivity index (χ3v) is 12.6. The maximum Gasteiger partial charge on any atom is 0.137 e. The van der Waals surface area contributed by atoms with E-state index in [1.165, 1.54) is 70.4 Å². The van der Waals surface area contributed by atoms with Crippen LogP contribution in [0.2, 0.25) is 0 Å². The number of thiophene rings is 1. The molecular weight excluding hydrogens is 651 g/mol. The Morgan fingerprint density at radius 2 is 0.981 bits per heavy atom. The quantitative estimate of drug-likeness (QED) is 0.185. The Kier molecular flexibility index (Phi) is 5.62. The number of anilines is 3. The molecule has 3 heteroatoms. The predicted molar refractivity (Wildman–Crippen MR) is 218 cm³/mol. The van der Waals surface area contributed by atoms with Crippen molar-refractivity contribution in [2.24, 2.45) is 0 Å². The first-order valence-corrected chi connectivity index (χ1v) is 18.7. The van der Waals surface area contributed by atoms with Gasteiger partial charge in [-0.1, -0.05) is 133 Å². The highest BCUT2D eigenvalue weighted by atomic mass is 32.1. The van der Waals surface area contributed by atoms with E-state index in [1.54, 1.807) is 0 Å². The second kappa shape index (κ2) is 10.3. The minimum Gasteiger partial charge on any atom is -0.456 e. The summed E-state index contributed by atoms with van der Waals surface area (Å²) in [5.74, 6) is 0. The molecule has 0 unspecified atom stereocenters. The van der Waals surface area contributed by atoms with Gasteiger partial charge in [-0.25, -0.2) is 0 Å². The standard InChI is InChI=1S/C49H29NOS/c1-6-19-38-31(13-1)32-14-2-7-20-39(32)49(38)40-21-8-3-15-33(40)36-18-11-23-42(48(36)49)50(30-27-28-35-34-16-5-10-26-45(34)52-46(35)29-30)41-22-12-25-44-47(41)37-17-4-9-24-43(37)51-44/h1-29H. The number of furan rings is 1. The Hall–Kier alpha value is -6.42. The number of nitrogens with zero attached hydrogens (tertiary/aromatic N) is 1. The molecule has 0 aliphatic heterocycles. The molecule has 12 rings (SSSR count). The van der Waals surface area contributed by atoms with Crippen molar-refractivity contribution in [3.63, 3.8) is 0 Å². The van der Waals surface area contributed by atoms with Crippen molar-refractivity contribution in [2.45, 2.75) is 5.41 Å². The van der Waals surface area contributed by atoms with Crippen molar-refractivity contribution < 1.29 is 4.42 Å². The number of hydrogen-bond acceptors (Lipinski definition) is 3. The first kappa shape index (κ1) is 28.3. The van der Waals surface area contributed by atoms with E-state index in [0.717, 1.165) is 33.3 Å². The number of fused-ring (bicyclic) bond motifs is 16. The van der Waals surface area contributed by atoms with Crippen molar-refractivity contribution in [1.29, 1.82) is 0 Å². The van der Waals surface area contributed by atoms with Crippen LogP contribution in [0.4, 0.5) is 17.1 Å². The SMILES string of the molecule is c1ccc2c(c1)-c1ccccc1C21c2ccccc2-c2cccc(N(c3ccc4c(c3)sc3ccccc34)c3cccc4oc5ccccc5c34)c21. The van der Waals surface area contributed by atoms with Crippen molar-refractivity contribution >= 4 is 70.5 Å². The van der Waals surface area contributed by atoms with E-state index in [2.05, 4.69) is 181 Å². The molecule has 52 heavy (non-hydrogen) atoms. The fraction of sp³-hybridized carbons (Fsp3) is 0.0204. The third-order valence-electron chi connectivity index (χ3n) is 11.5. The van der Waals surface area contributed by atoms with E-state index in [-0.39, 0.29) is 0 Å². The van der Waals surface area contributed by atoms with Crippen molar-refractivity contribution in [3.8, 4) is 22.3 Å². The highest BCUT2D eigenvalue weighted by Crippen LogP contribution is 2.65. The molecule has 2 nitrogen and oxygen atoms in total. The van der Waals surface area contributed by atoms with Gasteiger partial charge in [-0.05, 0) is 81.4 Å². The van der Waals surface area contributed by atoms with Crippen LogP contribution in [0.1, 0.15) is 22.3 Å². The van der Waals surface area contributed by atoms with Crippen LogP contribution < -0.4 is 4.90 Å². The maximum absolute atomic E-state index is 6.53. The molecule has 10 aromatic rings. The first-order valence-electron chi connectivity index (χ1n) is 17.9. The highest BCUT2D eigenvalue weighted by Gasteiger charge is 2.53. The number of para-hydroxylation sites is 1. The van der Waals surface area contributed by atoms with E-state index >= 15 is 0 Å². The fourth-order valence-corrected chi connectivity index (χ4v) is 10.7. The molecule has 1 spiro atoms. The van der Waals surface area contributed by atoms with Gasteiger partial charge in [0.05, 0.1) is 22.2 Å². The molecule has 0 radical (unpaired) electrons. The van der Waals surface area contributed by atoms with E-state index in [4.69, 9.17) is 4.42 Å². The van der Waals surface area contributed by atoms with Crippen LogP contribution in [0.5, 0.6) is 0 Å². The van der Waals surface area contributed by atoms with E-state index in [0.29, 0.717) is 0 Å². The predicted octanol–water partition coefficient (Wildman–Crippen LogP) is 13.8. The van der Waals surface area contributed by atoms with Crippen LogP contribution in [0.25, 0.3) is 64.4 Å². The summed E-state index contributed by atoms with van der Waals surface area (Å²) < 4.78 is 9.11.